The number of carbonyl (C=O) groups excluding carboxylic acids is 2. The van der Waals surface area contributed by atoms with E-state index in [0.717, 1.165) is 0 Å². The van der Waals surface area contributed by atoms with E-state index in [1.165, 1.54) is 9.80 Å². The Morgan fingerprint density at radius 2 is 1.35 bits per heavy atom. The minimum absolute atomic E-state index is 0.492. The van der Waals surface area contributed by atoms with Crippen molar-refractivity contribution in [2.24, 2.45) is 0 Å². The number of benzene rings is 2. The molecule has 0 atom stereocenters. The summed E-state index contributed by atoms with van der Waals surface area (Å²) in [7, 11) is 0. The molecule has 2 amide bonds. The molecule has 0 heterocycles. The van der Waals surface area contributed by atoms with Crippen LogP contribution in [-0.2, 0) is 9.59 Å². The van der Waals surface area contributed by atoms with Gasteiger partial charge in [0, 0.05) is 30.2 Å². The number of hydrogen-bond donors (Lipinski definition) is 1. The van der Waals surface area contributed by atoms with Crippen LogP contribution in [0.1, 0.15) is 13.8 Å². The van der Waals surface area contributed by atoms with Gasteiger partial charge in [0.15, 0.2) is 0 Å². The third-order valence-electron chi connectivity index (χ3n) is 3.60. The van der Waals surface area contributed by atoms with Crippen molar-refractivity contribution in [3.63, 3.8) is 0 Å². The second-order valence-electron chi connectivity index (χ2n) is 5.05. The highest BCUT2D eigenvalue weighted by Gasteiger charge is 2.27. The summed E-state index contributed by atoms with van der Waals surface area (Å²) in [4.78, 5) is 28.2. The maximum Gasteiger partial charge on any atom is 0.321 e. The lowest BCUT2D eigenvalue weighted by atomic mass is 10.2. The molecule has 0 bridgehead atoms. The zero-order valence-electron chi connectivity index (χ0n) is 13.4. The minimum Gasteiger partial charge on any atom is -0.399 e. The summed E-state index contributed by atoms with van der Waals surface area (Å²) in [5, 5.41) is 0. The zero-order valence-corrected chi connectivity index (χ0v) is 13.4. The first kappa shape index (κ1) is 16.5. The van der Waals surface area contributed by atoms with E-state index in [1.807, 2.05) is 32.0 Å². The smallest absolute Gasteiger partial charge is 0.321 e. The first-order valence-electron chi connectivity index (χ1n) is 7.62. The van der Waals surface area contributed by atoms with Gasteiger partial charge >= 0.3 is 11.8 Å². The van der Waals surface area contributed by atoms with E-state index < -0.39 is 11.8 Å². The van der Waals surface area contributed by atoms with Crippen LogP contribution in [0, 0.1) is 0 Å². The van der Waals surface area contributed by atoms with Crippen LogP contribution < -0.4 is 10.6 Å². The van der Waals surface area contributed by atoms with Crippen molar-refractivity contribution < 1.29 is 9.59 Å². The number of carbonyl (C=O) groups is 2. The molecule has 0 aromatic heterocycles. The third kappa shape index (κ3) is 3.69. The molecule has 2 N–H and O–H groups in total. The normalized spacial score (nSPS) is 10.2. The maximum atomic E-state index is 12.8. The van der Waals surface area contributed by atoms with Crippen molar-refractivity contribution in [1.29, 1.82) is 0 Å². The summed E-state index contributed by atoms with van der Waals surface area (Å²) < 4.78 is 0. The van der Waals surface area contributed by atoms with Crippen LogP contribution in [0.3, 0.4) is 0 Å². The topological polar surface area (TPSA) is 66.6 Å². The van der Waals surface area contributed by atoms with Crippen LogP contribution in [0.5, 0.6) is 0 Å². The van der Waals surface area contributed by atoms with E-state index in [4.69, 9.17) is 5.73 Å². The van der Waals surface area contributed by atoms with Crippen LogP contribution in [0.4, 0.5) is 17.1 Å². The maximum absolute atomic E-state index is 12.8. The molecule has 5 nitrogen and oxygen atoms in total. The SMILES string of the molecule is CCN(CC)C(=O)C(=O)N(c1ccccc1)c1ccc(N)cc1. The molecular formula is C18H21N3O2. The number of anilines is 3. The fourth-order valence-electron chi connectivity index (χ4n) is 2.33. The monoisotopic (exact) mass is 311 g/mol. The predicted molar refractivity (Wildman–Crippen MR) is 92.4 cm³/mol. The first-order chi connectivity index (χ1) is 11.1. The lowest BCUT2D eigenvalue weighted by Crippen LogP contribution is -2.43. The van der Waals surface area contributed by atoms with Gasteiger partial charge in [-0.1, -0.05) is 18.2 Å². The van der Waals surface area contributed by atoms with Gasteiger partial charge in [-0.15, -0.1) is 0 Å². The number of hydrogen-bond acceptors (Lipinski definition) is 3. The summed E-state index contributed by atoms with van der Waals surface area (Å²) in [6.07, 6.45) is 0. The number of rotatable bonds is 4. The van der Waals surface area contributed by atoms with E-state index in [1.54, 1.807) is 36.4 Å². The molecule has 0 radical (unpaired) electrons. The van der Waals surface area contributed by atoms with E-state index >= 15 is 0 Å². The molecule has 120 valence electrons. The predicted octanol–water partition coefficient (Wildman–Crippen LogP) is 2.80. The molecule has 0 unspecified atom stereocenters. The van der Waals surface area contributed by atoms with E-state index in [2.05, 4.69) is 0 Å². The van der Waals surface area contributed by atoms with Gasteiger partial charge in [0.25, 0.3) is 0 Å². The molecule has 0 aliphatic heterocycles. The van der Waals surface area contributed by atoms with Gasteiger partial charge in [0.05, 0.1) is 0 Å². The van der Waals surface area contributed by atoms with Crippen molar-refractivity contribution in [1.82, 2.24) is 4.90 Å². The van der Waals surface area contributed by atoms with Crippen LogP contribution in [0.15, 0.2) is 54.6 Å². The molecule has 2 aromatic carbocycles. The van der Waals surface area contributed by atoms with Crippen LogP contribution in [0.25, 0.3) is 0 Å². The average molecular weight is 311 g/mol. The number of nitrogen functional groups attached to an aromatic ring is 1. The van der Waals surface area contributed by atoms with Crippen molar-refractivity contribution in [2.75, 3.05) is 23.7 Å². The summed E-state index contributed by atoms with van der Waals surface area (Å²) in [5.41, 5.74) is 7.56. The standard InChI is InChI=1S/C18H21N3O2/c1-3-20(4-2)17(22)18(23)21(15-8-6-5-7-9-15)16-12-10-14(19)11-13-16/h5-13H,3-4,19H2,1-2H3. The Labute approximate surface area is 136 Å². The first-order valence-corrected chi connectivity index (χ1v) is 7.62. The van der Waals surface area contributed by atoms with Crippen LogP contribution in [-0.4, -0.2) is 29.8 Å². The summed E-state index contributed by atoms with van der Waals surface area (Å²) in [5.74, 6) is -1.10. The molecule has 0 saturated carbocycles. The lowest BCUT2D eigenvalue weighted by Gasteiger charge is -2.26. The van der Waals surface area contributed by atoms with Crippen molar-refractivity contribution in [3.8, 4) is 0 Å². The minimum atomic E-state index is -0.579. The Kier molecular flexibility index (Phi) is 5.36. The number of nitrogens with two attached hydrogens (primary N) is 1. The molecular weight excluding hydrogens is 290 g/mol. The lowest BCUT2D eigenvalue weighted by molar-refractivity contribution is -0.143. The van der Waals surface area contributed by atoms with Gasteiger partial charge in [0.1, 0.15) is 0 Å². The highest BCUT2D eigenvalue weighted by atomic mass is 16.2. The quantitative estimate of drug-likeness (QED) is 0.697. The van der Waals surface area contributed by atoms with Crippen molar-refractivity contribution in [3.05, 3.63) is 54.6 Å². The van der Waals surface area contributed by atoms with Gasteiger partial charge in [-0.05, 0) is 50.2 Å². The Balaban J connectivity index is 2.44. The van der Waals surface area contributed by atoms with E-state index in [9.17, 15) is 9.59 Å². The summed E-state index contributed by atoms with van der Waals surface area (Å²) in [6, 6.07) is 16.0. The van der Waals surface area contributed by atoms with Crippen molar-refractivity contribution in [2.45, 2.75) is 13.8 Å². The van der Waals surface area contributed by atoms with E-state index in [0.29, 0.717) is 30.2 Å². The summed E-state index contributed by atoms with van der Waals surface area (Å²) >= 11 is 0. The summed E-state index contributed by atoms with van der Waals surface area (Å²) in [6.45, 7) is 4.69. The second kappa shape index (κ2) is 7.45. The fraction of sp³-hybridized carbons (Fsp3) is 0.222. The molecule has 0 spiro atoms. The van der Waals surface area contributed by atoms with Crippen LogP contribution in [0.2, 0.25) is 0 Å². The third-order valence-corrected chi connectivity index (χ3v) is 3.60. The van der Waals surface area contributed by atoms with Gasteiger partial charge in [-0.2, -0.15) is 0 Å². The molecule has 2 aromatic rings. The highest BCUT2D eigenvalue weighted by Crippen LogP contribution is 2.26. The molecule has 5 heteroatoms. The second-order valence-corrected chi connectivity index (χ2v) is 5.05. The van der Waals surface area contributed by atoms with E-state index in [-0.39, 0.29) is 0 Å². The highest BCUT2D eigenvalue weighted by molar-refractivity contribution is 6.41. The number of likely N-dealkylation sites (N-methyl/N-ethyl adjacent to an activating group) is 1. The Bertz CT molecular complexity index is 664. The molecule has 0 fully saturated rings. The largest absolute Gasteiger partial charge is 0.399 e. The average Bonchev–Trinajstić information content (AvgIpc) is 2.58. The Hall–Kier alpha value is -2.82. The van der Waals surface area contributed by atoms with Crippen LogP contribution >= 0.6 is 0 Å². The molecule has 0 saturated heterocycles. The Morgan fingerprint density at radius 3 is 1.87 bits per heavy atom. The molecule has 23 heavy (non-hydrogen) atoms. The van der Waals surface area contributed by atoms with Crippen molar-refractivity contribution >= 4 is 28.9 Å². The molecule has 2 rings (SSSR count). The van der Waals surface area contributed by atoms with Gasteiger partial charge in [0.2, 0.25) is 0 Å². The molecule has 0 aliphatic carbocycles. The number of nitrogens with zero attached hydrogens (tertiary/aromatic N) is 2. The number of para-hydroxylation sites is 1. The fourth-order valence-corrected chi connectivity index (χ4v) is 2.33. The van der Waals surface area contributed by atoms with Gasteiger partial charge in [-0.25, -0.2) is 0 Å². The Morgan fingerprint density at radius 1 is 0.826 bits per heavy atom. The zero-order chi connectivity index (χ0) is 16.8. The number of amides is 2. The van der Waals surface area contributed by atoms with Gasteiger partial charge < -0.3 is 10.6 Å². The molecule has 0 aliphatic rings. The van der Waals surface area contributed by atoms with Gasteiger partial charge in [-0.3, -0.25) is 14.5 Å².